The largest absolute Gasteiger partial charge is 0.481 e. The van der Waals surface area contributed by atoms with Crippen molar-refractivity contribution >= 4 is 35.2 Å². The molecule has 0 aromatic heterocycles. The first-order valence-electron chi connectivity index (χ1n) is 4.46. The van der Waals surface area contributed by atoms with Gasteiger partial charge in [0.15, 0.2) is 0 Å². The molecule has 0 spiro atoms. The van der Waals surface area contributed by atoms with Crippen LogP contribution in [-0.2, 0) is 14.3 Å². The number of carboxylic acids is 1. The van der Waals surface area contributed by atoms with Gasteiger partial charge in [-0.15, -0.1) is 0 Å². The molecule has 0 rings (SSSR count). The fourth-order valence-corrected chi connectivity index (χ4v) is 1.31. The van der Waals surface area contributed by atoms with Gasteiger partial charge in [-0.25, -0.2) is 0 Å². The van der Waals surface area contributed by atoms with Crippen molar-refractivity contribution in [2.45, 2.75) is 33.5 Å². The molecule has 0 fully saturated rings. The summed E-state index contributed by atoms with van der Waals surface area (Å²) in [6.07, 6.45) is 0. The SMILES string of the molecule is CCOC(C)(OC(=S)S)C(C)(C)C(=O)O. The lowest BCUT2D eigenvalue weighted by molar-refractivity contribution is -0.240. The summed E-state index contributed by atoms with van der Waals surface area (Å²) >= 11 is 8.50. The van der Waals surface area contributed by atoms with E-state index >= 15 is 0 Å². The molecule has 0 radical (unpaired) electrons. The molecule has 0 saturated heterocycles. The maximum atomic E-state index is 11.1. The molecule has 0 bridgehead atoms. The zero-order valence-electron chi connectivity index (χ0n) is 9.23. The second kappa shape index (κ2) is 5.14. The molecule has 4 nitrogen and oxygen atoms in total. The van der Waals surface area contributed by atoms with Crippen molar-refractivity contribution in [1.29, 1.82) is 0 Å². The minimum atomic E-state index is -1.33. The zero-order chi connectivity index (χ0) is 12.3. The summed E-state index contributed by atoms with van der Waals surface area (Å²) in [5.41, 5.74) is -1.23. The van der Waals surface area contributed by atoms with E-state index in [-0.39, 0.29) is 4.38 Å². The highest BCUT2D eigenvalue weighted by molar-refractivity contribution is 8.10. The minimum Gasteiger partial charge on any atom is -0.481 e. The highest BCUT2D eigenvalue weighted by Gasteiger charge is 2.50. The van der Waals surface area contributed by atoms with E-state index in [4.69, 9.17) is 14.6 Å². The molecule has 0 heterocycles. The molecule has 0 aromatic carbocycles. The van der Waals surface area contributed by atoms with E-state index in [1.807, 2.05) is 0 Å². The highest BCUT2D eigenvalue weighted by atomic mass is 32.1. The Balaban J connectivity index is 5.08. The molecule has 0 aliphatic heterocycles. The molecule has 1 unspecified atom stereocenters. The molecule has 0 aliphatic rings. The maximum Gasteiger partial charge on any atom is 0.315 e. The van der Waals surface area contributed by atoms with Gasteiger partial charge in [0, 0.05) is 13.5 Å². The van der Waals surface area contributed by atoms with Gasteiger partial charge in [-0.05, 0) is 33.0 Å². The smallest absolute Gasteiger partial charge is 0.315 e. The molecule has 6 heteroatoms. The van der Waals surface area contributed by atoms with Crippen LogP contribution in [0, 0.1) is 5.41 Å². The molecule has 1 atom stereocenters. The second-order valence-corrected chi connectivity index (χ2v) is 4.76. The number of hydrogen-bond acceptors (Lipinski definition) is 4. The average molecular weight is 252 g/mol. The second-order valence-electron chi connectivity index (χ2n) is 3.68. The van der Waals surface area contributed by atoms with E-state index in [1.165, 1.54) is 20.8 Å². The van der Waals surface area contributed by atoms with Crippen LogP contribution < -0.4 is 0 Å². The number of thiocarbonyl (C=S) groups is 1. The van der Waals surface area contributed by atoms with Crippen molar-refractivity contribution in [3.8, 4) is 0 Å². The minimum absolute atomic E-state index is 0.0414. The first-order valence-corrected chi connectivity index (χ1v) is 5.32. The molecule has 0 aromatic rings. The number of carbonyl (C=O) groups is 1. The lowest BCUT2D eigenvalue weighted by Gasteiger charge is -2.39. The predicted molar refractivity (Wildman–Crippen MR) is 64.1 cm³/mol. The zero-order valence-corrected chi connectivity index (χ0v) is 10.9. The average Bonchev–Trinajstić information content (AvgIpc) is 2.02. The molecule has 1 N–H and O–H groups in total. The van der Waals surface area contributed by atoms with Crippen LogP contribution in [0.3, 0.4) is 0 Å². The number of carboxylic acid groups (broad SMARTS) is 1. The molecule has 88 valence electrons. The van der Waals surface area contributed by atoms with Crippen molar-refractivity contribution in [1.82, 2.24) is 0 Å². The van der Waals surface area contributed by atoms with Crippen LogP contribution in [0.2, 0.25) is 0 Å². The fourth-order valence-electron chi connectivity index (χ4n) is 0.974. The van der Waals surface area contributed by atoms with Gasteiger partial charge in [0.05, 0.1) is 0 Å². The Morgan fingerprint density at radius 2 is 1.93 bits per heavy atom. The number of thiol groups is 1. The van der Waals surface area contributed by atoms with Crippen molar-refractivity contribution in [2.24, 2.45) is 5.41 Å². The Morgan fingerprint density at radius 3 is 2.20 bits per heavy atom. The quantitative estimate of drug-likeness (QED) is 0.446. The van der Waals surface area contributed by atoms with E-state index in [2.05, 4.69) is 24.8 Å². The third kappa shape index (κ3) is 3.32. The van der Waals surface area contributed by atoms with E-state index in [1.54, 1.807) is 6.92 Å². The van der Waals surface area contributed by atoms with Crippen molar-refractivity contribution < 1.29 is 19.4 Å². The maximum absolute atomic E-state index is 11.1. The summed E-state index contributed by atoms with van der Waals surface area (Å²) in [6.45, 7) is 6.63. The van der Waals surface area contributed by atoms with Crippen LogP contribution in [0.1, 0.15) is 27.7 Å². The van der Waals surface area contributed by atoms with Gasteiger partial charge >= 0.3 is 5.97 Å². The summed E-state index contributed by atoms with van der Waals surface area (Å²) < 4.78 is 10.5. The van der Waals surface area contributed by atoms with Gasteiger partial charge in [0.1, 0.15) is 5.41 Å². The lowest BCUT2D eigenvalue weighted by Crippen LogP contribution is -2.51. The van der Waals surface area contributed by atoms with Gasteiger partial charge in [-0.1, -0.05) is 12.6 Å². The van der Waals surface area contributed by atoms with E-state index in [0.29, 0.717) is 6.61 Å². The normalized spacial score (nSPS) is 15.5. The Kier molecular flexibility index (Phi) is 5.02. The molecular weight excluding hydrogens is 236 g/mol. The monoisotopic (exact) mass is 252 g/mol. The van der Waals surface area contributed by atoms with E-state index in [9.17, 15) is 4.79 Å². The standard InChI is InChI=1S/C9H16O4S2/c1-5-12-9(4,13-7(14)15)8(2,3)6(10)11/h5H2,1-4H3,(H,10,11)(H,14,15). The van der Waals surface area contributed by atoms with Gasteiger partial charge < -0.3 is 14.6 Å². The summed E-state index contributed by atoms with van der Waals surface area (Å²) in [6, 6.07) is 0. The lowest BCUT2D eigenvalue weighted by atomic mass is 9.84. The Hall–Kier alpha value is -0.330. The summed E-state index contributed by atoms with van der Waals surface area (Å²) in [4.78, 5) is 11.1. The van der Waals surface area contributed by atoms with Crippen LogP contribution in [0.4, 0.5) is 0 Å². The van der Waals surface area contributed by atoms with Crippen LogP contribution >= 0.6 is 24.8 Å². The van der Waals surface area contributed by atoms with Crippen molar-refractivity contribution in [3.05, 3.63) is 0 Å². The molecule has 15 heavy (non-hydrogen) atoms. The summed E-state index contributed by atoms with van der Waals surface area (Å²) in [7, 11) is 0. The van der Waals surface area contributed by atoms with Crippen LogP contribution in [-0.4, -0.2) is 27.9 Å². The number of ether oxygens (including phenoxy) is 2. The number of aliphatic carboxylic acids is 1. The van der Waals surface area contributed by atoms with Crippen LogP contribution in [0.5, 0.6) is 0 Å². The third-order valence-electron chi connectivity index (χ3n) is 2.37. The van der Waals surface area contributed by atoms with Crippen molar-refractivity contribution in [3.63, 3.8) is 0 Å². The van der Waals surface area contributed by atoms with Gasteiger partial charge in [-0.2, -0.15) is 0 Å². The van der Waals surface area contributed by atoms with E-state index < -0.39 is 17.2 Å². The Bertz CT molecular complexity index is 265. The topological polar surface area (TPSA) is 55.8 Å². The van der Waals surface area contributed by atoms with Crippen molar-refractivity contribution in [2.75, 3.05) is 6.61 Å². The summed E-state index contributed by atoms with van der Waals surface area (Å²) in [5, 5.41) is 9.09. The first-order chi connectivity index (χ1) is 6.67. The number of hydrogen-bond donors (Lipinski definition) is 2. The predicted octanol–water partition coefficient (Wildman–Crippen LogP) is 2.08. The Labute approximate surface area is 100 Å². The van der Waals surface area contributed by atoms with Crippen LogP contribution in [0.25, 0.3) is 0 Å². The highest BCUT2D eigenvalue weighted by Crippen LogP contribution is 2.36. The Morgan fingerprint density at radius 1 is 1.47 bits per heavy atom. The molecule has 0 aliphatic carbocycles. The number of rotatable bonds is 5. The fraction of sp³-hybridized carbons (Fsp3) is 0.778. The van der Waals surface area contributed by atoms with Gasteiger partial charge in [-0.3, -0.25) is 4.79 Å². The van der Waals surface area contributed by atoms with Crippen LogP contribution in [0.15, 0.2) is 0 Å². The van der Waals surface area contributed by atoms with E-state index in [0.717, 1.165) is 0 Å². The summed E-state index contributed by atoms with van der Waals surface area (Å²) in [5.74, 6) is -2.35. The third-order valence-corrected chi connectivity index (χ3v) is 2.55. The van der Waals surface area contributed by atoms with Gasteiger partial charge in [0.2, 0.25) is 10.2 Å². The molecule has 0 saturated carbocycles. The van der Waals surface area contributed by atoms with Gasteiger partial charge in [0.25, 0.3) is 0 Å². The molecular formula is C9H16O4S2. The first kappa shape index (κ1) is 14.7. The molecule has 0 amide bonds.